The Bertz CT molecular complexity index is 363. The Morgan fingerprint density at radius 2 is 2.29 bits per heavy atom. The number of aromatic nitrogens is 2. The number of hydrogen-bond donors (Lipinski definition) is 1. The van der Waals surface area contributed by atoms with Crippen molar-refractivity contribution >= 4 is 10.0 Å². The maximum absolute atomic E-state index is 11.2. The second-order valence-electron chi connectivity index (χ2n) is 2.85. The molecule has 0 aromatic carbocycles. The highest BCUT2D eigenvalue weighted by Crippen LogP contribution is 1.94. The summed E-state index contributed by atoms with van der Waals surface area (Å²) in [4.78, 5) is 0. The van der Waals surface area contributed by atoms with Crippen LogP contribution in [0.4, 0.5) is 0 Å². The molecule has 0 fully saturated rings. The number of sulfonamides is 1. The molecule has 0 aliphatic heterocycles. The van der Waals surface area contributed by atoms with Crippen LogP contribution in [0.1, 0.15) is 19.0 Å². The quantitative estimate of drug-likeness (QED) is 0.767. The highest BCUT2D eigenvalue weighted by atomic mass is 32.2. The van der Waals surface area contributed by atoms with Crippen LogP contribution in [-0.2, 0) is 16.6 Å². The van der Waals surface area contributed by atoms with Gasteiger partial charge in [-0.2, -0.15) is 10.2 Å². The van der Waals surface area contributed by atoms with Gasteiger partial charge in [-0.15, -0.1) is 0 Å². The summed E-state index contributed by atoms with van der Waals surface area (Å²) in [5.74, 6) is 0.146. The van der Waals surface area contributed by atoms with Gasteiger partial charge in [0.05, 0.1) is 18.0 Å². The second kappa shape index (κ2) is 5.02. The lowest BCUT2D eigenvalue weighted by molar-refractivity contribution is 0.578. The summed E-state index contributed by atoms with van der Waals surface area (Å²) in [5, 5.41) is 7.41. The molecule has 5 nitrogen and oxygen atoms in total. The van der Waals surface area contributed by atoms with E-state index in [1.54, 1.807) is 18.3 Å². The molecule has 6 heteroatoms. The summed E-state index contributed by atoms with van der Waals surface area (Å²) in [6, 6.07) is 3.44. The Morgan fingerprint density at radius 1 is 1.50 bits per heavy atom. The van der Waals surface area contributed by atoms with Crippen molar-refractivity contribution in [1.82, 2.24) is 14.9 Å². The molecule has 0 aliphatic rings. The van der Waals surface area contributed by atoms with Gasteiger partial charge < -0.3 is 0 Å². The van der Waals surface area contributed by atoms with Crippen molar-refractivity contribution in [3.05, 3.63) is 24.0 Å². The van der Waals surface area contributed by atoms with Gasteiger partial charge in [0, 0.05) is 6.20 Å². The Kier molecular flexibility index (Phi) is 3.97. The van der Waals surface area contributed by atoms with Gasteiger partial charge in [0.25, 0.3) is 0 Å². The van der Waals surface area contributed by atoms with Gasteiger partial charge in [0.2, 0.25) is 10.0 Å². The van der Waals surface area contributed by atoms with Gasteiger partial charge in [-0.05, 0) is 18.6 Å². The fourth-order valence-electron chi connectivity index (χ4n) is 0.952. The minimum absolute atomic E-state index is 0.146. The van der Waals surface area contributed by atoms with Crippen molar-refractivity contribution < 1.29 is 8.42 Å². The Morgan fingerprint density at radius 3 is 2.86 bits per heavy atom. The summed E-state index contributed by atoms with van der Waals surface area (Å²) in [7, 11) is -3.15. The summed E-state index contributed by atoms with van der Waals surface area (Å²) in [5.41, 5.74) is 0.618. The largest absolute Gasteiger partial charge is 0.212 e. The first-order valence-corrected chi connectivity index (χ1v) is 6.03. The minimum atomic E-state index is -3.15. The summed E-state index contributed by atoms with van der Waals surface area (Å²) in [6.07, 6.45) is 2.15. The van der Waals surface area contributed by atoms with Crippen LogP contribution in [0.15, 0.2) is 18.3 Å². The molecule has 0 radical (unpaired) electrons. The molecule has 1 N–H and O–H groups in total. The van der Waals surface area contributed by atoms with Crippen molar-refractivity contribution in [1.29, 1.82) is 0 Å². The molecule has 1 rings (SSSR count). The minimum Gasteiger partial charge on any atom is -0.212 e. The van der Waals surface area contributed by atoms with Gasteiger partial charge in [-0.1, -0.05) is 6.92 Å². The highest BCUT2D eigenvalue weighted by Gasteiger charge is 2.07. The average Bonchev–Trinajstić information content (AvgIpc) is 2.17. The van der Waals surface area contributed by atoms with Crippen LogP contribution in [0.2, 0.25) is 0 Å². The molecule has 0 spiro atoms. The number of rotatable bonds is 5. The van der Waals surface area contributed by atoms with E-state index in [9.17, 15) is 8.42 Å². The van der Waals surface area contributed by atoms with Crippen molar-refractivity contribution in [2.45, 2.75) is 19.9 Å². The lowest BCUT2D eigenvalue weighted by atomic mass is 10.4. The van der Waals surface area contributed by atoms with E-state index in [1.165, 1.54) is 0 Å². The molecule has 0 unspecified atom stereocenters. The highest BCUT2D eigenvalue weighted by molar-refractivity contribution is 7.89. The van der Waals surface area contributed by atoms with E-state index in [0.717, 1.165) is 0 Å². The van der Waals surface area contributed by atoms with Crippen molar-refractivity contribution in [3.8, 4) is 0 Å². The first kappa shape index (κ1) is 11.1. The molecule has 0 aliphatic carbocycles. The fourth-order valence-corrected chi connectivity index (χ4v) is 2.00. The second-order valence-corrected chi connectivity index (χ2v) is 4.78. The van der Waals surface area contributed by atoms with E-state index in [2.05, 4.69) is 14.9 Å². The smallest absolute Gasteiger partial charge is 0.211 e. The summed E-state index contributed by atoms with van der Waals surface area (Å²) < 4.78 is 24.9. The van der Waals surface area contributed by atoms with E-state index in [0.29, 0.717) is 12.1 Å². The molecule has 0 bridgehead atoms. The number of nitrogens with one attached hydrogen (secondary N) is 1. The van der Waals surface area contributed by atoms with Crippen molar-refractivity contribution in [2.24, 2.45) is 0 Å². The maximum Gasteiger partial charge on any atom is 0.211 e. The Labute approximate surface area is 83.6 Å². The molecule has 0 saturated heterocycles. The third kappa shape index (κ3) is 3.80. The van der Waals surface area contributed by atoms with Crippen LogP contribution in [-0.4, -0.2) is 24.4 Å². The standard InChI is InChI=1S/C8H13N3O2S/c1-2-6-14(12,13)10-7-8-4-3-5-9-11-8/h3-5,10H,2,6-7H2,1H3. The normalized spacial score (nSPS) is 11.5. The zero-order chi connectivity index (χ0) is 10.4. The van der Waals surface area contributed by atoms with Crippen molar-refractivity contribution in [2.75, 3.05) is 5.75 Å². The number of nitrogens with zero attached hydrogens (tertiary/aromatic N) is 2. The molecule has 1 heterocycles. The molecule has 0 saturated carbocycles. The molecule has 1 aromatic heterocycles. The van der Waals surface area contributed by atoms with E-state index < -0.39 is 10.0 Å². The molecule has 1 aromatic rings. The fraction of sp³-hybridized carbons (Fsp3) is 0.500. The predicted octanol–water partition coefficient (Wildman–Crippen LogP) is 0.306. The average molecular weight is 215 g/mol. The van der Waals surface area contributed by atoms with Crippen LogP contribution in [0.25, 0.3) is 0 Å². The third-order valence-electron chi connectivity index (χ3n) is 1.57. The Hall–Kier alpha value is -1.01. The predicted molar refractivity (Wildman–Crippen MR) is 52.9 cm³/mol. The Balaban J connectivity index is 2.49. The zero-order valence-corrected chi connectivity index (χ0v) is 8.79. The van der Waals surface area contributed by atoms with Gasteiger partial charge in [0.1, 0.15) is 0 Å². The van der Waals surface area contributed by atoms with E-state index in [1.807, 2.05) is 6.92 Å². The van der Waals surface area contributed by atoms with Crippen LogP contribution in [0.5, 0.6) is 0 Å². The SMILES string of the molecule is CCCS(=O)(=O)NCc1cccnn1. The van der Waals surface area contributed by atoms with Gasteiger partial charge in [0.15, 0.2) is 0 Å². The molecule has 78 valence electrons. The van der Waals surface area contributed by atoms with Gasteiger partial charge >= 0.3 is 0 Å². The zero-order valence-electron chi connectivity index (χ0n) is 7.97. The maximum atomic E-state index is 11.2. The third-order valence-corrected chi connectivity index (χ3v) is 3.10. The molecular formula is C8H13N3O2S. The summed E-state index contributed by atoms with van der Waals surface area (Å²) >= 11 is 0. The lowest BCUT2D eigenvalue weighted by Crippen LogP contribution is -2.26. The van der Waals surface area contributed by atoms with Crippen LogP contribution < -0.4 is 4.72 Å². The monoisotopic (exact) mass is 215 g/mol. The van der Waals surface area contributed by atoms with Crippen LogP contribution in [0.3, 0.4) is 0 Å². The first-order chi connectivity index (χ1) is 6.64. The van der Waals surface area contributed by atoms with E-state index in [-0.39, 0.29) is 12.3 Å². The van der Waals surface area contributed by atoms with E-state index in [4.69, 9.17) is 0 Å². The molecule has 0 amide bonds. The van der Waals surface area contributed by atoms with Crippen LogP contribution >= 0.6 is 0 Å². The first-order valence-electron chi connectivity index (χ1n) is 4.38. The topological polar surface area (TPSA) is 72.0 Å². The van der Waals surface area contributed by atoms with Gasteiger partial charge in [-0.3, -0.25) is 0 Å². The molecular weight excluding hydrogens is 202 g/mol. The molecule has 0 atom stereocenters. The lowest BCUT2D eigenvalue weighted by Gasteiger charge is -2.03. The van der Waals surface area contributed by atoms with Crippen molar-refractivity contribution in [3.63, 3.8) is 0 Å². The summed E-state index contributed by atoms with van der Waals surface area (Å²) in [6.45, 7) is 2.03. The molecule has 14 heavy (non-hydrogen) atoms. The van der Waals surface area contributed by atoms with E-state index >= 15 is 0 Å². The van der Waals surface area contributed by atoms with Crippen LogP contribution in [0, 0.1) is 0 Å². The van der Waals surface area contributed by atoms with Gasteiger partial charge in [-0.25, -0.2) is 13.1 Å². The number of hydrogen-bond acceptors (Lipinski definition) is 4.